The summed E-state index contributed by atoms with van der Waals surface area (Å²) < 4.78 is 5.36. The van der Waals surface area contributed by atoms with E-state index in [0.29, 0.717) is 0 Å². The van der Waals surface area contributed by atoms with Crippen LogP contribution in [-0.4, -0.2) is 12.4 Å². The molecule has 0 saturated carbocycles. The van der Waals surface area contributed by atoms with Gasteiger partial charge >= 0.3 is 0 Å². The molecule has 0 bridgehead atoms. The van der Waals surface area contributed by atoms with Crippen molar-refractivity contribution in [3.05, 3.63) is 102 Å². The second kappa shape index (κ2) is 8.10. The van der Waals surface area contributed by atoms with Crippen molar-refractivity contribution in [2.24, 2.45) is 0 Å². The third-order valence-electron chi connectivity index (χ3n) is 4.83. The molecule has 2 heteroatoms. The molecule has 28 heavy (non-hydrogen) atoms. The zero-order chi connectivity index (χ0) is 19.3. The van der Waals surface area contributed by atoms with Gasteiger partial charge in [-0.2, -0.15) is 0 Å². The van der Waals surface area contributed by atoms with Gasteiger partial charge in [-0.3, -0.25) is 4.79 Å². The lowest BCUT2D eigenvalue weighted by molar-refractivity contribution is 0.104. The molecule has 0 aromatic heterocycles. The highest BCUT2D eigenvalue weighted by Crippen LogP contribution is 2.38. The first-order valence-corrected chi connectivity index (χ1v) is 9.63. The van der Waals surface area contributed by atoms with E-state index in [0.717, 1.165) is 46.2 Å². The third-order valence-corrected chi connectivity index (χ3v) is 4.83. The van der Waals surface area contributed by atoms with Gasteiger partial charge in [0.2, 0.25) is 0 Å². The van der Waals surface area contributed by atoms with Crippen LogP contribution in [0.4, 0.5) is 0 Å². The minimum atomic E-state index is 0.134. The first kappa shape index (κ1) is 18.0. The van der Waals surface area contributed by atoms with Crippen molar-refractivity contribution < 1.29 is 9.53 Å². The van der Waals surface area contributed by atoms with Gasteiger partial charge in [0, 0.05) is 16.5 Å². The molecule has 0 amide bonds. The Morgan fingerprint density at radius 1 is 0.643 bits per heavy atom. The summed E-state index contributed by atoms with van der Waals surface area (Å²) in [5.41, 5.74) is 3.84. The summed E-state index contributed by atoms with van der Waals surface area (Å²) >= 11 is 0. The molecule has 0 N–H and O–H groups in total. The van der Waals surface area contributed by atoms with Crippen molar-refractivity contribution >= 4 is 16.6 Å². The summed E-state index contributed by atoms with van der Waals surface area (Å²) in [6.45, 7) is 2.91. The van der Waals surface area contributed by atoms with E-state index in [-0.39, 0.29) is 5.78 Å². The van der Waals surface area contributed by atoms with Gasteiger partial charge in [0.05, 0.1) is 6.61 Å². The molecule has 0 radical (unpaired) electrons. The van der Waals surface area contributed by atoms with Crippen LogP contribution in [0.2, 0.25) is 0 Å². The molecule has 0 fully saturated rings. The molecule has 4 aromatic rings. The van der Waals surface area contributed by atoms with E-state index in [9.17, 15) is 4.79 Å². The normalized spacial score (nSPS) is 11.4. The molecule has 1 aliphatic carbocycles. The van der Waals surface area contributed by atoms with Gasteiger partial charge in [-0.25, -0.2) is 0 Å². The highest BCUT2D eigenvalue weighted by Gasteiger charge is 2.23. The number of carbonyl (C=O) groups excluding carboxylic acids is 1. The lowest BCUT2D eigenvalue weighted by Gasteiger charge is -2.19. The Morgan fingerprint density at radius 3 is 1.96 bits per heavy atom. The van der Waals surface area contributed by atoms with Crippen molar-refractivity contribution in [3.8, 4) is 16.9 Å². The van der Waals surface area contributed by atoms with Crippen LogP contribution in [0.25, 0.3) is 21.9 Å². The van der Waals surface area contributed by atoms with Crippen LogP contribution in [0, 0.1) is 0 Å². The van der Waals surface area contributed by atoms with Gasteiger partial charge in [-0.05, 0) is 35.1 Å². The topological polar surface area (TPSA) is 26.3 Å². The van der Waals surface area contributed by atoms with E-state index in [1.165, 1.54) is 5.56 Å². The lowest BCUT2D eigenvalue weighted by Crippen LogP contribution is -2.09. The molecule has 0 heterocycles. The molecule has 5 rings (SSSR count). The maximum Gasteiger partial charge on any atom is 0.194 e. The number of para-hydroxylation sites is 1. The Hall–Kier alpha value is -3.39. The maximum absolute atomic E-state index is 12.5. The standard InChI is InChI=1S/C17H10O.C9H12O/c18-17-14-8-2-1-7-12(14)13-9-3-5-11-6-4-10-15(17)16(11)13;1-2-8-10-9-6-4-3-5-7-9/h1-10H;3-7H,2,8H2,1H3. The smallest absolute Gasteiger partial charge is 0.194 e. The first-order valence-electron chi connectivity index (χ1n) is 9.63. The number of benzene rings is 4. The molecule has 4 aromatic carbocycles. The Morgan fingerprint density at radius 2 is 1.25 bits per heavy atom. The molecule has 138 valence electrons. The summed E-state index contributed by atoms with van der Waals surface area (Å²) in [7, 11) is 0. The number of ketones is 1. The Bertz CT molecular complexity index is 1110. The van der Waals surface area contributed by atoms with E-state index >= 15 is 0 Å². The van der Waals surface area contributed by atoms with Gasteiger partial charge < -0.3 is 4.74 Å². The molecule has 0 atom stereocenters. The minimum absolute atomic E-state index is 0.134. The predicted molar refractivity (Wildman–Crippen MR) is 115 cm³/mol. The van der Waals surface area contributed by atoms with Crippen LogP contribution in [0.3, 0.4) is 0 Å². The predicted octanol–water partition coefficient (Wildman–Crippen LogP) is 6.53. The van der Waals surface area contributed by atoms with E-state index in [4.69, 9.17) is 4.74 Å². The average molecular weight is 366 g/mol. The lowest BCUT2D eigenvalue weighted by atomic mass is 9.83. The van der Waals surface area contributed by atoms with Crippen molar-refractivity contribution in [1.82, 2.24) is 0 Å². The molecular weight excluding hydrogens is 344 g/mol. The fraction of sp³-hybridized carbons (Fsp3) is 0.115. The van der Waals surface area contributed by atoms with Gasteiger partial charge in [0.1, 0.15) is 5.75 Å². The fourth-order valence-corrected chi connectivity index (χ4v) is 3.55. The van der Waals surface area contributed by atoms with E-state index < -0.39 is 0 Å². The molecule has 2 nitrogen and oxygen atoms in total. The monoisotopic (exact) mass is 366 g/mol. The van der Waals surface area contributed by atoms with Crippen molar-refractivity contribution in [2.75, 3.05) is 6.61 Å². The number of ether oxygens (including phenoxy) is 1. The van der Waals surface area contributed by atoms with E-state index in [1.807, 2.05) is 72.8 Å². The summed E-state index contributed by atoms with van der Waals surface area (Å²) in [6, 6.07) is 29.9. The average Bonchev–Trinajstić information content (AvgIpc) is 2.77. The van der Waals surface area contributed by atoms with Gasteiger partial charge in [0.25, 0.3) is 0 Å². The summed E-state index contributed by atoms with van der Waals surface area (Å²) in [5, 5.41) is 2.22. The van der Waals surface area contributed by atoms with Crippen molar-refractivity contribution in [1.29, 1.82) is 0 Å². The first-order chi connectivity index (χ1) is 13.8. The molecule has 0 aliphatic heterocycles. The summed E-state index contributed by atoms with van der Waals surface area (Å²) in [6.07, 6.45) is 1.06. The number of hydrogen-bond acceptors (Lipinski definition) is 2. The van der Waals surface area contributed by atoms with Gasteiger partial charge in [-0.1, -0.05) is 85.8 Å². The minimum Gasteiger partial charge on any atom is -0.494 e. The van der Waals surface area contributed by atoms with E-state index in [2.05, 4.69) is 25.1 Å². The van der Waals surface area contributed by atoms with Crippen LogP contribution in [0.15, 0.2) is 91.0 Å². The Labute approximate surface area is 165 Å². The molecule has 1 aliphatic rings. The third kappa shape index (κ3) is 3.41. The van der Waals surface area contributed by atoms with Gasteiger partial charge in [-0.15, -0.1) is 0 Å². The Kier molecular flexibility index (Phi) is 5.20. The highest BCUT2D eigenvalue weighted by atomic mass is 16.5. The summed E-state index contributed by atoms with van der Waals surface area (Å²) in [5.74, 6) is 1.10. The number of carbonyl (C=O) groups is 1. The molecule has 0 saturated heterocycles. The second-order valence-corrected chi connectivity index (χ2v) is 6.75. The maximum atomic E-state index is 12.5. The van der Waals surface area contributed by atoms with Crippen LogP contribution >= 0.6 is 0 Å². The zero-order valence-electron chi connectivity index (χ0n) is 15.9. The summed E-state index contributed by atoms with van der Waals surface area (Å²) in [4.78, 5) is 12.5. The number of rotatable bonds is 3. The zero-order valence-corrected chi connectivity index (χ0v) is 15.9. The second-order valence-electron chi connectivity index (χ2n) is 6.75. The molecule has 0 unspecified atom stereocenters. The van der Waals surface area contributed by atoms with Gasteiger partial charge in [0.15, 0.2) is 5.78 Å². The Balaban J connectivity index is 0.000000165. The van der Waals surface area contributed by atoms with E-state index in [1.54, 1.807) is 0 Å². The molecule has 0 spiro atoms. The largest absolute Gasteiger partial charge is 0.494 e. The number of hydrogen-bond donors (Lipinski definition) is 0. The van der Waals surface area contributed by atoms with Crippen LogP contribution < -0.4 is 4.74 Å². The molecular formula is C26H22O2. The van der Waals surface area contributed by atoms with Crippen LogP contribution in [0.5, 0.6) is 5.75 Å². The van der Waals surface area contributed by atoms with Crippen molar-refractivity contribution in [2.45, 2.75) is 13.3 Å². The quantitative estimate of drug-likeness (QED) is 0.363. The highest BCUT2D eigenvalue weighted by molar-refractivity contribution is 6.25. The SMILES string of the molecule is CCCOc1ccccc1.O=C1c2ccccc2-c2cccc3cccc1c23. The fourth-order valence-electron chi connectivity index (χ4n) is 3.55. The van der Waals surface area contributed by atoms with Crippen molar-refractivity contribution in [3.63, 3.8) is 0 Å². The van der Waals surface area contributed by atoms with Crippen LogP contribution in [0.1, 0.15) is 29.3 Å². The van der Waals surface area contributed by atoms with Crippen LogP contribution in [-0.2, 0) is 0 Å². The number of fused-ring (bicyclic) bond motifs is 2.